The van der Waals surface area contributed by atoms with Gasteiger partial charge in [-0.05, 0) is 38.1 Å². The molecule has 0 saturated heterocycles. The second kappa shape index (κ2) is 8.43. The number of esters is 1. The molecule has 1 amide bonds. The molecule has 1 heterocycles. The van der Waals surface area contributed by atoms with Crippen LogP contribution in [-0.2, 0) is 15.7 Å². The summed E-state index contributed by atoms with van der Waals surface area (Å²) in [6.07, 6.45) is -4.46. The van der Waals surface area contributed by atoms with Crippen molar-refractivity contribution in [2.24, 2.45) is 0 Å². The Morgan fingerprint density at radius 2 is 1.89 bits per heavy atom. The molecule has 2 aromatic rings. The lowest BCUT2D eigenvalue weighted by Crippen LogP contribution is -2.29. The third-order valence-corrected chi connectivity index (χ3v) is 3.59. The van der Waals surface area contributed by atoms with E-state index in [2.05, 4.69) is 10.4 Å². The van der Waals surface area contributed by atoms with Crippen molar-refractivity contribution in [3.63, 3.8) is 0 Å². The van der Waals surface area contributed by atoms with E-state index in [1.807, 2.05) is 0 Å². The first-order chi connectivity index (χ1) is 12.6. The van der Waals surface area contributed by atoms with Crippen molar-refractivity contribution in [1.29, 1.82) is 0 Å². The average molecular weight is 404 g/mol. The highest BCUT2D eigenvalue weighted by Crippen LogP contribution is 2.33. The Kier molecular flexibility index (Phi) is 6.48. The molecular weight excluding hydrogens is 387 g/mol. The van der Waals surface area contributed by atoms with Gasteiger partial charge in [0.1, 0.15) is 0 Å². The molecular formula is C17H17ClF3N3O3. The molecule has 0 aliphatic heterocycles. The third kappa shape index (κ3) is 5.46. The first-order valence-electron chi connectivity index (χ1n) is 7.98. The fraction of sp³-hybridized carbons (Fsp3) is 0.353. The molecule has 0 radical (unpaired) electrons. The number of amides is 1. The number of aromatic nitrogens is 2. The van der Waals surface area contributed by atoms with Gasteiger partial charge in [0.2, 0.25) is 0 Å². The van der Waals surface area contributed by atoms with Crippen LogP contribution in [0.4, 0.5) is 13.2 Å². The highest BCUT2D eigenvalue weighted by molar-refractivity contribution is 6.30. The Bertz CT molecular complexity index is 817. The molecule has 0 unspecified atom stereocenters. The number of benzene rings is 1. The van der Waals surface area contributed by atoms with Crippen molar-refractivity contribution in [2.75, 3.05) is 6.54 Å². The van der Waals surface area contributed by atoms with Gasteiger partial charge < -0.3 is 10.1 Å². The van der Waals surface area contributed by atoms with E-state index in [-0.39, 0.29) is 24.8 Å². The summed E-state index contributed by atoms with van der Waals surface area (Å²) in [5, 5.41) is 6.32. The van der Waals surface area contributed by atoms with Crippen LogP contribution in [0.5, 0.6) is 0 Å². The van der Waals surface area contributed by atoms with Gasteiger partial charge in [-0.25, -0.2) is 4.68 Å². The van der Waals surface area contributed by atoms with Gasteiger partial charge in [-0.15, -0.1) is 0 Å². The Labute approximate surface area is 158 Å². The molecule has 1 N–H and O–H groups in total. The van der Waals surface area contributed by atoms with Crippen LogP contribution in [-0.4, -0.2) is 34.3 Å². The maximum absolute atomic E-state index is 13.5. The van der Waals surface area contributed by atoms with Gasteiger partial charge in [0, 0.05) is 11.6 Å². The van der Waals surface area contributed by atoms with Crippen LogP contribution in [0, 0.1) is 0 Å². The van der Waals surface area contributed by atoms with E-state index in [1.54, 1.807) is 13.8 Å². The van der Waals surface area contributed by atoms with E-state index in [0.29, 0.717) is 9.70 Å². The zero-order valence-corrected chi connectivity index (χ0v) is 15.3. The number of ether oxygens (including phenoxy) is 1. The molecule has 1 aromatic carbocycles. The molecule has 0 fully saturated rings. The van der Waals surface area contributed by atoms with Crippen LogP contribution in [0.25, 0.3) is 5.69 Å². The number of alkyl halides is 3. The topological polar surface area (TPSA) is 73.2 Å². The van der Waals surface area contributed by atoms with Gasteiger partial charge in [-0.1, -0.05) is 11.6 Å². The summed E-state index contributed by atoms with van der Waals surface area (Å²) in [6.45, 7) is 3.17. The van der Waals surface area contributed by atoms with Crippen molar-refractivity contribution in [3.05, 3.63) is 46.7 Å². The fourth-order valence-corrected chi connectivity index (χ4v) is 2.39. The lowest BCUT2D eigenvalue weighted by molar-refractivity contribution is -0.147. The standard InChI is InChI=1S/C17H17ClF3N3O3/c1-10(2)27-14(25)7-8-22-16(26)13-9-23-24(15(13)17(19,20)21)12-5-3-11(18)4-6-12/h3-6,9-10H,7-8H2,1-2H3,(H,22,26). The number of halogens is 4. The monoisotopic (exact) mass is 403 g/mol. The molecule has 0 spiro atoms. The Hall–Kier alpha value is -2.55. The third-order valence-electron chi connectivity index (χ3n) is 3.34. The summed E-state index contributed by atoms with van der Waals surface area (Å²) in [7, 11) is 0. The van der Waals surface area contributed by atoms with Crippen molar-refractivity contribution in [3.8, 4) is 5.69 Å². The van der Waals surface area contributed by atoms with Crippen molar-refractivity contribution < 1.29 is 27.5 Å². The highest BCUT2D eigenvalue weighted by atomic mass is 35.5. The quantitative estimate of drug-likeness (QED) is 0.748. The summed E-state index contributed by atoms with van der Waals surface area (Å²) in [6, 6.07) is 5.54. The lowest BCUT2D eigenvalue weighted by atomic mass is 10.2. The van der Waals surface area contributed by atoms with Crippen LogP contribution in [0.15, 0.2) is 30.5 Å². The first kappa shape index (κ1) is 20.8. The van der Waals surface area contributed by atoms with Gasteiger partial charge in [-0.2, -0.15) is 18.3 Å². The van der Waals surface area contributed by atoms with E-state index in [1.165, 1.54) is 24.3 Å². The maximum Gasteiger partial charge on any atom is 0.434 e. The molecule has 0 atom stereocenters. The van der Waals surface area contributed by atoms with E-state index in [4.69, 9.17) is 16.3 Å². The summed E-state index contributed by atoms with van der Waals surface area (Å²) >= 11 is 5.74. The number of nitrogens with one attached hydrogen (secondary N) is 1. The van der Waals surface area contributed by atoms with Gasteiger partial charge >= 0.3 is 12.1 Å². The summed E-state index contributed by atoms with van der Waals surface area (Å²) in [5.41, 5.74) is -1.76. The molecule has 6 nitrogen and oxygen atoms in total. The molecule has 1 aromatic heterocycles. The maximum atomic E-state index is 13.5. The van der Waals surface area contributed by atoms with E-state index in [9.17, 15) is 22.8 Å². The zero-order chi connectivity index (χ0) is 20.2. The largest absolute Gasteiger partial charge is 0.463 e. The second-order valence-electron chi connectivity index (χ2n) is 5.84. The van der Waals surface area contributed by atoms with Crippen LogP contribution in [0.3, 0.4) is 0 Å². The number of hydrogen-bond acceptors (Lipinski definition) is 4. The Morgan fingerprint density at radius 1 is 1.26 bits per heavy atom. The van der Waals surface area contributed by atoms with Crippen LogP contribution < -0.4 is 5.32 Å². The predicted octanol–water partition coefficient (Wildman–Crippen LogP) is 3.62. The van der Waals surface area contributed by atoms with E-state index in [0.717, 1.165) is 6.20 Å². The van der Waals surface area contributed by atoms with Gasteiger partial charge in [-0.3, -0.25) is 9.59 Å². The molecule has 146 valence electrons. The van der Waals surface area contributed by atoms with E-state index >= 15 is 0 Å². The molecule has 0 aliphatic carbocycles. The molecule has 2 rings (SSSR count). The molecule has 0 saturated carbocycles. The van der Waals surface area contributed by atoms with Gasteiger partial charge in [0.05, 0.1) is 30.0 Å². The van der Waals surface area contributed by atoms with Crippen LogP contribution in [0.1, 0.15) is 36.3 Å². The molecule has 10 heteroatoms. The number of carbonyl (C=O) groups is 2. The predicted molar refractivity (Wildman–Crippen MR) is 91.8 cm³/mol. The van der Waals surface area contributed by atoms with Crippen LogP contribution in [0.2, 0.25) is 5.02 Å². The minimum Gasteiger partial charge on any atom is -0.463 e. The number of nitrogens with zero attached hydrogens (tertiary/aromatic N) is 2. The van der Waals surface area contributed by atoms with Crippen LogP contribution >= 0.6 is 11.6 Å². The molecule has 27 heavy (non-hydrogen) atoms. The second-order valence-corrected chi connectivity index (χ2v) is 6.27. The van der Waals surface area contributed by atoms with Gasteiger partial charge in [0.25, 0.3) is 5.91 Å². The summed E-state index contributed by atoms with van der Waals surface area (Å²) in [4.78, 5) is 23.6. The smallest absolute Gasteiger partial charge is 0.434 e. The Balaban J connectivity index is 2.20. The number of rotatable bonds is 6. The normalized spacial score (nSPS) is 11.5. The lowest BCUT2D eigenvalue weighted by Gasteiger charge is -2.13. The van der Waals surface area contributed by atoms with Gasteiger partial charge in [0.15, 0.2) is 5.69 Å². The first-order valence-corrected chi connectivity index (χ1v) is 8.36. The number of hydrogen-bond donors (Lipinski definition) is 1. The average Bonchev–Trinajstić information content (AvgIpc) is 3.00. The minimum absolute atomic E-state index is 0.103. The summed E-state index contributed by atoms with van der Waals surface area (Å²) < 4.78 is 46.1. The van der Waals surface area contributed by atoms with Crippen molar-refractivity contribution in [2.45, 2.75) is 32.5 Å². The Morgan fingerprint density at radius 3 is 2.44 bits per heavy atom. The fourth-order valence-electron chi connectivity index (χ4n) is 2.26. The minimum atomic E-state index is -4.82. The van der Waals surface area contributed by atoms with Crippen molar-refractivity contribution in [1.82, 2.24) is 15.1 Å². The zero-order valence-electron chi connectivity index (χ0n) is 14.5. The number of carbonyl (C=O) groups excluding carboxylic acids is 2. The van der Waals surface area contributed by atoms with E-state index < -0.39 is 29.3 Å². The molecule has 0 bridgehead atoms. The van der Waals surface area contributed by atoms with Crippen molar-refractivity contribution >= 4 is 23.5 Å². The SMILES string of the molecule is CC(C)OC(=O)CCNC(=O)c1cnn(-c2ccc(Cl)cc2)c1C(F)(F)F. The summed E-state index contributed by atoms with van der Waals surface area (Å²) in [5.74, 6) is -1.54. The highest BCUT2D eigenvalue weighted by Gasteiger charge is 2.40. The molecule has 0 aliphatic rings.